The Morgan fingerprint density at radius 1 is 1.31 bits per heavy atom. The smallest absolute Gasteiger partial charge is 0.238 e. The number of rotatable bonds is 0. The maximum Gasteiger partial charge on any atom is 0.238 e. The zero-order chi connectivity index (χ0) is 11.8. The van der Waals surface area contributed by atoms with Crippen LogP contribution in [0.25, 0.3) is 0 Å². The molecule has 3 nitrogen and oxygen atoms in total. The molecule has 1 spiro atoms. The van der Waals surface area contributed by atoms with Crippen LogP contribution in [0.15, 0.2) is 6.20 Å². The van der Waals surface area contributed by atoms with E-state index in [1.165, 1.54) is 11.1 Å². The Hall–Kier alpha value is -1.25. The van der Waals surface area contributed by atoms with Crippen LogP contribution in [-0.4, -0.2) is 17.1 Å². The monoisotopic (exact) mass is 220 g/mol. The van der Waals surface area contributed by atoms with Gasteiger partial charge in [-0.1, -0.05) is 13.8 Å². The van der Waals surface area contributed by atoms with Crippen molar-refractivity contribution < 1.29 is 4.74 Å². The second kappa shape index (κ2) is 3.96. The molecule has 0 radical (unpaired) electrons. The molecule has 0 saturated heterocycles. The molecule has 2 heterocycles. The van der Waals surface area contributed by atoms with E-state index in [1.54, 1.807) is 0 Å². The van der Waals surface area contributed by atoms with Crippen LogP contribution in [0.1, 0.15) is 37.8 Å². The molecule has 1 aromatic rings. The van der Waals surface area contributed by atoms with Crippen molar-refractivity contribution in [2.45, 2.75) is 46.1 Å². The first kappa shape index (κ1) is 11.2. The fourth-order valence-corrected chi connectivity index (χ4v) is 1.87. The number of anilines is 1. The highest BCUT2D eigenvalue weighted by Gasteiger charge is 2.48. The first-order chi connectivity index (χ1) is 7.70. The van der Waals surface area contributed by atoms with Crippen LogP contribution in [-0.2, 0) is 0 Å². The molecular weight excluding hydrogens is 200 g/mol. The fourth-order valence-electron chi connectivity index (χ4n) is 1.87. The van der Waals surface area contributed by atoms with E-state index in [2.05, 4.69) is 24.1 Å². The topological polar surface area (TPSA) is 34.2 Å². The summed E-state index contributed by atoms with van der Waals surface area (Å²) >= 11 is 0. The van der Waals surface area contributed by atoms with Gasteiger partial charge in [0.05, 0.1) is 6.54 Å². The van der Waals surface area contributed by atoms with Gasteiger partial charge < -0.3 is 10.1 Å². The highest BCUT2D eigenvalue weighted by atomic mass is 16.5. The van der Waals surface area contributed by atoms with Crippen molar-refractivity contribution in [1.29, 1.82) is 0 Å². The Morgan fingerprint density at radius 3 is 2.62 bits per heavy atom. The number of aryl methyl sites for hydroxylation is 1. The summed E-state index contributed by atoms with van der Waals surface area (Å²) in [5.74, 6) is 0.789. The quantitative estimate of drug-likeness (QED) is 0.729. The van der Waals surface area contributed by atoms with E-state index in [0.717, 1.165) is 31.0 Å². The summed E-state index contributed by atoms with van der Waals surface area (Å²) in [6.07, 6.45) is 4.21. The van der Waals surface area contributed by atoms with E-state index in [-0.39, 0.29) is 5.60 Å². The SMILES string of the molecule is CC.Cc1cnc2c(c1C)NCC1(CC1)O2. The third kappa shape index (κ3) is 1.75. The molecule has 2 aliphatic rings. The average Bonchev–Trinajstić information content (AvgIpc) is 3.06. The zero-order valence-electron chi connectivity index (χ0n) is 10.6. The molecule has 0 amide bonds. The van der Waals surface area contributed by atoms with Gasteiger partial charge in [-0.15, -0.1) is 0 Å². The summed E-state index contributed by atoms with van der Waals surface area (Å²) < 4.78 is 5.89. The molecule has 16 heavy (non-hydrogen) atoms. The van der Waals surface area contributed by atoms with E-state index in [4.69, 9.17) is 4.74 Å². The minimum atomic E-state index is 0.0850. The Balaban J connectivity index is 0.000000457. The molecule has 0 bridgehead atoms. The van der Waals surface area contributed by atoms with Gasteiger partial charge in [0.15, 0.2) is 0 Å². The van der Waals surface area contributed by atoms with Crippen molar-refractivity contribution in [3.05, 3.63) is 17.3 Å². The number of nitrogens with one attached hydrogen (secondary N) is 1. The van der Waals surface area contributed by atoms with E-state index in [9.17, 15) is 0 Å². The maximum absolute atomic E-state index is 5.89. The van der Waals surface area contributed by atoms with Crippen LogP contribution in [0.5, 0.6) is 5.88 Å². The standard InChI is InChI=1S/C11H14N2O.C2H6/c1-7-5-12-10-9(8(7)2)13-6-11(14-10)3-4-11;1-2/h5,13H,3-4,6H2,1-2H3;1-2H3. The van der Waals surface area contributed by atoms with Gasteiger partial charge in [0.25, 0.3) is 0 Å². The lowest BCUT2D eigenvalue weighted by molar-refractivity contribution is 0.175. The number of hydrogen-bond acceptors (Lipinski definition) is 3. The van der Waals surface area contributed by atoms with Gasteiger partial charge in [-0.3, -0.25) is 0 Å². The third-order valence-corrected chi connectivity index (χ3v) is 3.26. The molecule has 3 rings (SSSR count). The molecule has 1 fully saturated rings. The van der Waals surface area contributed by atoms with Gasteiger partial charge >= 0.3 is 0 Å². The number of ether oxygens (including phenoxy) is 1. The van der Waals surface area contributed by atoms with Gasteiger partial charge in [-0.2, -0.15) is 0 Å². The predicted octanol–water partition coefficient (Wildman–Crippen LogP) is 3.06. The number of hydrogen-bond donors (Lipinski definition) is 1. The van der Waals surface area contributed by atoms with Crippen LogP contribution in [0.3, 0.4) is 0 Å². The van der Waals surface area contributed by atoms with Gasteiger partial charge in [0.1, 0.15) is 11.3 Å². The lowest BCUT2D eigenvalue weighted by Crippen LogP contribution is -2.33. The Kier molecular flexibility index (Phi) is 2.78. The molecule has 3 heteroatoms. The lowest BCUT2D eigenvalue weighted by Gasteiger charge is -2.27. The number of aromatic nitrogens is 1. The van der Waals surface area contributed by atoms with E-state index in [0.29, 0.717) is 0 Å². The van der Waals surface area contributed by atoms with Crippen molar-refractivity contribution in [2.75, 3.05) is 11.9 Å². The highest BCUT2D eigenvalue weighted by molar-refractivity contribution is 5.62. The van der Waals surface area contributed by atoms with Crippen LogP contribution in [0, 0.1) is 13.8 Å². The molecule has 1 aliphatic heterocycles. The molecule has 1 aliphatic carbocycles. The summed E-state index contributed by atoms with van der Waals surface area (Å²) in [7, 11) is 0. The molecule has 88 valence electrons. The Labute approximate surface area is 97.2 Å². The second-order valence-electron chi connectivity index (χ2n) is 4.38. The van der Waals surface area contributed by atoms with Crippen LogP contribution >= 0.6 is 0 Å². The summed E-state index contributed by atoms with van der Waals surface area (Å²) in [5.41, 5.74) is 3.64. The van der Waals surface area contributed by atoms with Gasteiger partial charge in [-0.25, -0.2) is 4.98 Å². The van der Waals surface area contributed by atoms with Crippen molar-refractivity contribution in [2.24, 2.45) is 0 Å². The normalized spacial score (nSPS) is 18.8. The summed E-state index contributed by atoms with van der Waals surface area (Å²) in [6, 6.07) is 0. The lowest BCUT2D eigenvalue weighted by atomic mass is 10.1. The largest absolute Gasteiger partial charge is 0.468 e. The van der Waals surface area contributed by atoms with Crippen LogP contribution < -0.4 is 10.1 Å². The average molecular weight is 220 g/mol. The number of pyridine rings is 1. The van der Waals surface area contributed by atoms with E-state index < -0.39 is 0 Å². The molecule has 0 aromatic carbocycles. The number of nitrogens with zero attached hydrogens (tertiary/aromatic N) is 1. The third-order valence-electron chi connectivity index (χ3n) is 3.26. The highest BCUT2D eigenvalue weighted by Crippen LogP contribution is 2.45. The Bertz CT molecular complexity index is 397. The summed E-state index contributed by atoms with van der Waals surface area (Å²) in [5, 5.41) is 3.44. The first-order valence-electron chi connectivity index (χ1n) is 6.09. The first-order valence-corrected chi connectivity index (χ1v) is 6.09. The van der Waals surface area contributed by atoms with Gasteiger partial charge in [0.2, 0.25) is 5.88 Å². The molecule has 1 N–H and O–H groups in total. The van der Waals surface area contributed by atoms with Gasteiger partial charge in [0, 0.05) is 6.20 Å². The molecule has 1 aromatic heterocycles. The van der Waals surface area contributed by atoms with Crippen molar-refractivity contribution in [3.63, 3.8) is 0 Å². The number of fused-ring (bicyclic) bond motifs is 1. The van der Waals surface area contributed by atoms with Gasteiger partial charge in [-0.05, 0) is 37.8 Å². The minimum Gasteiger partial charge on any atom is -0.468 e. The zero-order valence-corrected chi connectivity index (χ0v) is 10.6. The summed E-state index contributed by atoms with van der Waals surface area (Å²) in [4.78, 5) is 4.33. The summed E-state index contributed by atoms with van der Waals surface area (Å²) in [6.45, 7) is 9.12. The fraction of sp³-hybridized carbons (Fsp3) is 0.615. The molecule has 1 saturated carbocycles. The molecular formula is C13H20N2O. The van der Waals surface area contributed by atoms with Crippen LogP contribution in [0.4, 0.5) is 5.69 Å². The molecule has 0 atom stereocenters. The predicted molar refractivity (Wildman–Crippen MR) is 66.1 cm³/mol. The molecule has 0 unspecified atom stereocenters. The van der Waals surface area contributed by atoms with Crippen molar-refractivity contribution in [1.82, 2.24) is 4.98 Å². The minimum absolute atomic E-state index is 0.0850. The Morgan fingerprint density at radius 2 is 2.00 bits per heavy atom. The van der Waals surface area contributed by atoms with E-state index >= 15 is 0 Å². The maximum atomic E-state index is 5.89. The van der Waals surface area contributed by atoms with Crippen LogP contribution in [0.2, 0.25) is 0 Å². The van der Waals surface area contributed by atoms with Crippen molar-refractivity contribution >= 4 is 5.69 Å². The second-order valence-corrected chi connectivity index (χ2v) is 4.38. The van der Waals surface area contributed by atoms with E-state index in [1.807, 2.05) is 20.0 Å². The van der Waals surface area contributed by atoms with Crippen molar-refractivity contribution in [3.8, 4) is 5.88 Å².